The first-order valence-electron chi connectivity index (χ1n) is 6.55. The van der Waals surface area contributed by atoms with Crippen molar-refractivity contribution in [2.45, 2.75) is 20.3 Å². The van der Waals surface area contributed by atoms with Gasteiger partial charge in [0.2, 0.25) is 0 Å². The largest absolute Gasteiger partial charge is 0.497 e. The second kappa shape index (κ2) is 6.28. The molecule has 1 aromatic rings. The third kappa shape index (κ3) is 3.02. The first-order chi connectivity index (χ1) is 9.65. The molecule has 0 aliphatic carbocycles. The lowest BCUT2D eigenvalue weighted by Gasteiger charge is -2.19. The van der Waals surface area contributed by atoms with Crippen molar-refractivity contribution in [1.82, 2.24) is 0 Å². The Morgan fingerprint density at radius 3 is 2.60 bits per heavy atom. The van der Waals surface area contributed by atoms with Crippen LogP contribution in [0, 0.1) is 0 Å². The van der Waals surface area contributed by atoms with E-state index in [9.17, 15) is 4.79 Å². The number of esters is 1. The number of hydrogen-bond donors (Lipinski definition) is 0. The Balaban J connectivity index is 2.37. The molecule has 106 valence electrons. The Bertz CT molecular complexity index is 552. The van der Waals surface area contributed by atoms with Crippen LogP contribution >= 0.6 is 0 Å². The summed E-state index contributed by atoms with van der Waals surface area (Å²) in [6.07, 6.45) is 2.39. The molecule has 1 aromatic carbocycles. The molecule has 4 nitrogen and oxygen atoms in total. The molecule has 1 aliphatic heterocycles. The predicted molar refractivity (Wildman–Crippen MR) is 76.0 cm³/mol. The van der Waals surface area contributed by atoms with Crippen LogP contribution in [0.5, 0.6) is 5.75 Å². The first kappa shape index (κ1) is 14.2. The molecule has 1 aliphatic rings. The van der Waals surface area contributed by atoms with Crippen molar-refractivity contribution >= 4 is 11.7 Å². The van der Waals surface area contributed by atoms with Crippen LogP contribution in [0.3, 0.4) is 0 Å². The molecule has 20 heavy (non-hydrogen) atoms. The molecular formula is C16H18O4. The number of allylic oxidation sites excluding steroid dienone is 2. The second-order valence-corrected chi connectivity index (χ2v) is 4.38. The Morgan fingerprint density at radius 1 is 1.30 bits per heavy atom. The van der Waals surface area contributed by atoms with E-state index in [1.807, 2.05) is 37.3 Å². The highest BCUT2D eigenvalue weighted by Gasteiger charge is 2.22. The molecule has 0 atom stereocenters. The van der Waals surface area contributed by atoms with E-state index in [4.69, 9.17) is 14.2 Å². The molecule has 1 heterocycles. The molecule has 0 spiro atoms. The van der Waals surface area contributed by atoms with Gasteiger partial charge in [0.05, 0.1) is 25.0 Å². The molecule has 0 radical (unpaired) electrons. The fourth-order valence-electron chi connectivity index (χ4n) is 1.97. The highest BCUT2D eigenvalue weighted by molar-refractivity contribution is 5.97. The van der Waals surface area contributed by atoms with Crippen LogP contribution in [-0.4, -0.2) is 19.7 Å². The Morgan fingerprint density at radius 2 is 2.00 bits per heavy atom. The van der Waals surface area contributed by atoms with Crippen molar-refractivity contribution in [3.63, 3.8) is 0 Å². The summed E-state index contributed by atoms with van der Waals surface area (Å²) in [5.41, 5.74) is 1.38. The SMILES string of the molecule is CCOC(=O)C1=C(c2ccc(OC)cc2)OC(C)=CC1. The first-order valence-corrected chi connectivity index (χ1v) is 6.55. The molecule has 0 bridgehead atoms. The number of hydrogen-bond acceptors (Lipinski definition) is 4. The van der Waals surface area contributed by atoms with Crippen LogP contribution in [0.4, 0.5) is 0 Å². The number of carbonyl (C=O) groups excluding carboxylic acids is 1. The van der Waals surface area contributed by atoms with Crippen LogP contribution in [0.25, 0.3) is 5.76 Å². The second-order valence-electron chi connectivity index (χ2n) is 4.38. The summed E-state index contributed by atoms with van der Waals surface area (Å²) in [5, 5.41) is 0. The van der Waals surface area contributed by atoms with E-state index in [1.54, 1.807) is 14.0 Å². The van der Waals surface area contributed by atoms with E-state index in [0.29, 0.717) is 24.4 Å². The topological polar surface area (TPSA) is 44.8 Å². The van der Waals surface area contributed by atoms with Gasteiger partial charge in [-0.1, -0.05) is 0 Å². The van der Waals surface area contributed by atoms with Gasteiger partial charge < -0.3 is 14.2 Å². The summed E-state index contributed by atoms with van der Waals surface area (Å²) in [4.78, 5) is 12.0. The molecule has 0 aromatic heterocycles. The van der Waals surface area contributed by atoms with Crippen LogP contribution in [0.1, 0.15) is 25.8 Å². The summed E-state index contributed by atoms with van der Waals surface area (Å²) in [7, 11) is 1.61. The van der Waals surface area contributed by atoms with Crippen molar-refractivity contribution in [1.29, 1.82) is 0 Å². The van der Waals surface area contributed by atoms with Gasteiger partial charge >= 0.3 is 5.97 Å². The maximum atomic E-state index is 12.0. The Kier molecular flexibility index (Phi) is 4.45. The van der Waals surface area contributed by atoms with Crippen molar-refractivity contribution in [3.05, 3.63) is 47.2 Å². The lowest BCUT2D eigenvalue weighted by molar-refractivity contribution is -0.138. The van der Waals surface area contributed by atoms with Gasteiger partial charge in [0.25, 0.3) is 0 Å². The van der Waals surface area contributed by atoms with Crippen LogP contribution < -0.4 is 4.74 Å². The van der Waals surface area contributed by atoms with Gasteiger partial charge in [0, 0.05) is 12.0 Å². The molecular weight excluding hydrogens is 256 g/mol. The van der Waals surface area contributed by atoms with Gasteiger partial charge in [0.15, 0.2) is 0 Å². The number of benzene rings is 1. The van der Waals surface area contributed by atoms with E-state index >= 15 is 0 Å². The summed E-state index contributed by atoms with van der Waals surface area (Å²) in [5.74, 6) is 1.77. The number of ether oxygens (including phenoxy) is 3. The zero-order valence-corrected chi connectivity index (χ0v) is 11.9. The van der Waals surface area contributed by atoms with E-state index in [0.717, 1.165) is 17.1 Å². The van der Waals surface area contributed by atoms with Gasteiger partial charge in [-0.3, -0.25) is 0 Å². The lowest BCUT2D eigenvalue weighted by atomic mass is 10.0. The summed E-state index contributed by atoms with van der Waals surface area (Å²) < 4.78 is 15.9. The third-order valence-corrected chi connectivity index (χ3v) is 3.00. The van der Waals surface area contributed by atoms with Crippen molar-refractivity contribution in [2.75, 3.05) is 13.7 Å². The maximum absolute atomic E-state index is 12.0. The predicted octanol–water partition coefficient (Wildman–Crippen LogP) is 3.29. The van der Waals surface area contributed by atoms with Crippen molar-refractivity contribution in [2.24, 2.45) is 0 Å². The smallest absolute Gasteiger partial charge is 0.338 e. The Hall–Kier alpha value is -2.23. The molecule has 4 heteroatoms. The molecule has 0 unspecified atom stereocenters. The van der Waals surface area contributed by atoms with Crippen LogP contribution in [-0.2, 0) is 14.3 Å². The zero-order valence-electron chi connectivity index (χ0n) is 11.9. The van der Waals surface area contributed by atoms with E-state index in [1.165, 1.54) is 0 Å². The normalized spacial score (nSPS) is 14.4. The standard InChI is InChI=1S/C16H18O4/c1-4-19-16(17)14-10-5-11(2)20-15(14)12-6-8-13(18-3)9-7-12/h5-9H,4,10H2,1-3H3. The van der Waals surface area contributed by atoms with Crippen molar-refractivity contribution < 1.29 is 19.0 Å². The van der Waals surface area contributed by atoms with Gasteiger partial charge in [-0.05, 0) is 44.2 Å². The number of rotatable bonds is 4. The molecule has 0 amide bonds. The summed E-state index contributed by atoms with van der Waals surface area (Å²) >= 11 is 0. The molecule has 0 fully saturated rings. The van der Waals surface area contributed by atoms with Crippen molar-refractivity contribution in [3.8, 4) is 5.75 Å². The average molecular weight is 274 g/mol. The molecule has 0 saturated carbocycles. The number of methoxy groups -OCH3 is 1. The van der Waals surface area contributed by atoms with Gasteiger partial charge in [0.1, 0.15) is 11.5 Å². The minimum Gasteiger partial charge on any atom is -0.497 e. The monoisotopic (exact) mass is 274 g/mol. The number of carbonyl (C=O) groups is 1. The fraction of sp³-hybridized carbons (Fsp3) is 0.312. The van der Waals surface area contributed by atoms with E-state index in [-0.39, 0.29) is 5.97 Å². The maximum Gasteiger partial charge on any atom is 0.338 e. The molecule has 2 rings (SSSR count). The van der Waals surface area contributed by atoms with Crippen LogP contribution in [0.2, 0.25) is 0 Å². The molecule has 0 N–H and O–H groups in total. The van der Waals surface area contributed by atoms with Gasteiger partial charge in [-0.2, -0.15) is 0 Å². The van der Waals surface area contributed by atoms with E-state index < -0.39 is 0 Å². The Labute approximate surface area is 118 Å². The van der Waals surface area contributed by atoms with Crippen LogP contribution in [0.15, 0.2) is 41.7 Å². The van der Waals surface area contributed by atoms with Gasteiger partial charge in [-0.25, -0.2) is 4.79 Å². The molecule has 0 saturated heterocycles. The minimum atomic E-state index is -0.331. The fourth-order valence-corrected chi connectivity index (χ4v) is 1.97. The third-order valence-electron chi connectivity index (χ3n) is 3.00. The lowest BCUT2D eigenvalue weighted by Crippen LogP contribution is -2.13. The quantitative estimate of drug-likeness (QED) is 0.790. The van der Waals surface area contributed by atoms with E-state index in [2.05, 4.69) is 0 Å². The minimum absolute atomic E-state index is 0.331. The van der Waals surface area contributed by atoms with Gasteiger partial charge in [-0.15, -0.1) is 0 Å². The highest BCUT2D eigenvalue weighted by Crippen LogP contribution is 2.31. The summed E-state index contributed by atoms with van der Waals surface area (Å²) in [6.45, 7) is 4.00. The highest BCUT2D eigenvalue weighted by atomic mass is 16.5. The average Bonchev–Trinajstić information content (AvgIpc) is 2.47. The summed E-state index contributed by atoms with van der Waals surface area (Å²) in [6, 6.07) is 7.40. The zero-order chi connectivity index (χ0) is 14.5.